The molecule has 0 fully saturated rings. The van der Waals surface area contributed by atoms with Crippen molar-refractivity contribution in [2.45, 2.75) is 44.9 Å². The molecule has 1 amide bonds. The first kappa shape index (κ1) is 33.4. The molecule has 15 heteroatoms. The van der Waals surface area contributed by atoms with Crippen molar-refractivity contribution in [1.29, 1.82) is 0 Å². The lowest BCUT2D eigenvalue weighted by Gasteiger charge is -2.12. The number of amides is 1. The first-order valence-electron chi connectivity index (χ1n) is 13.8. The zero-order chi connectivity index (χ0) is 32.7. The maximum Gasteiger partial charge on any atom is 0.412 e. The van der Waals surface area contributed by atoms with Gasteiger partial charge < -0.3 is 15.4 Å². The van der Waals surface area contributed by atoms with E-state index in [-0.39, 0.29) is 17.2 Å². The monoisotopic (exact) mass is 660 g/mol. The Bertz CT molecular complexity index is 1830. The van der Waals surface area contributed by atoms with Gasteiger partial charge in [-0.25, -0.2) is 41.3 Å². The third-order valence-electron chi connectivity index (χ3n) is 6.27. The number of ether oxygens (including phenoxy) is 1. The maximum absolute atomic E-state index is 15.9. The predicted molar refractivity (Wildman–Crippen MR) is 167 cm³/mol. The average Bonchev–Trinajstić information content (AvgIpc) is 3.45. The smallest absolute Gasteiger partial charge is 0.412 e. The molecule has 0 atom stereocenters. The fourth-order valence-corrected chi connectivity index (χ4v) is 6.11. The number of sulfonamides is 1. The van der Waals surface area contributed by atoms with Crippen LogP contribution in [-0.2, 0) is 14.8 Å². The van der Waals surface area contributed by atoms with Crippen molar-refractivity contribution >= 4 is 39.1 Å². The van der Waals surface area contributed by atoms with Gasteiger partial charge in [0, 0.05) is 30.8 Å². The Morgan fingerprint density at radius 2 is 1.87 bits per heavy atom. The van der Waals surface area contributed by atoms with Crippen molar-refractivity contribution < 1.29 is 31.1 Å². The van der Waals surface area contributed by atoms with Gasteiger partial charge in [-0.3, -0.25) is 4.72 Å². The Balaban J connectivity index is 1.58. The second-order valence-electron chi connectivity index (χ2n) is 9.99. The second kappa shape index (κ2) is 14.5. The summed E-state index contributed by atoms with van der Waals surface area (Å²) in [6, 6.07) is 7.65. The van der Waals surface area contributed by atoms with Crippen LogP contribution in [0, 0.1) is 17.5 Å². The topological polar surface area (TPSA) is 135 Å². The molecule has 0 aliphatic carbocycles. The van der Waals surface area contributed by atoms with E-state index in [1.807, 2.05) is 18.6 Å². The van der Waals surface area contributed by atoms with E-state index in [1.54, 1.807) is 26.0 Å². The molecule has 45 heavy (non-hydrogen) atoms. The molecule has 238 valence electrons. The SMILES string of the molecule is C/C=C(/C)OC(=O)NCCCNc1nccc(-c2sc(C(C)C)nc2-c2cccc(NS(=O)(=O)c3cc(F)ccc3F)c2F)n1. The highest BCUT2D eigenvalue weighted by Gasteiger charge is 2.25. The Morgan fingerprint density at radius 3 is 2.60 bits per heavy atom. The summed E-state index contributed by atoms with van der Waals surface area (Å²) in [6.45, 7) is 8.08. The van der Waals surface area contributed by atoms with Crippen LogP contribution >= 0.6 is 11.3 Å². The van der Waals surface area contributed by atoms with Gasteiger partial charge in [0.25, 0.3) is 10.0 Å². The van der Waals surface area contributed by atoms with Crippen molar-refractivity contribution in [3.8, 4) is 21.8 Å². The summed E-state index contributed by atoms with van der Waals surface area (Å²) in [5.41, 5.74) is 0.183. The third-order valence-corrected chi connectivity index (χ3v) is 9.03. The lowest BCUT2D eigenvalue weighted by atomic mass is 10.1. The van der Waals surface area contributed by atoms with Crippen molar-refractivity contribution in [2.75, 3.05) is 23.1 Å². The summed E-state index contributed by atoms with van der Waals surface area (Å²) in [5.74, 6) is -2.33. The fourth-order valence-electron chi connectivity index (χ4n) is 3.91. The maximum atomic E-state index is 15.9. The van der Waals surface area contributed by atoms with Gasteiger partial charge >= 0.3 is 6.09 Å². The van der Waals surface area contributed by atoms with Crippen molar-refractivity contribution in [2.24, 2.45) is 0 Å². The number of rotatable bonds is 12. The Kier molecular flexibility index (Phi) is 10.8. The molecule has 4 rings (SSSR count). The molecule has 0 unspecified atom stereocenters. The van der Waals surface area contributed by atoms with Gasteiger partial charge in [0.1, 0.15) is 22.3 Å². The summed E-state index contributed by atoms with van der Waals surface area (Å²) in [4.78, 5) is 24.8. The van der Waals surface area contributed by atoms with Crippen molar-refractivity contribution in [3.63, 3.8) is 0 Å². The second-order valence-corrected chi connectivity index (χ2v) is 12.7. The highest BCUT2D eigenvalue weighted by molar-refractivity contribution is 7.92. The Hall–Kier alpha value is -4.50. The normalized spacial score (nSPS) is 11.9. The molecular formula is C30H31F3N6O4S2. The number of nitrogens with one attached hydrogen (secondary N) is 3. The van der Waals surface area contributed by atoms with E-state index in [9.17, 15) is 22.0 Å². The molecule has 0 saturated carbocycles. The molecule has 3 N–H and O–H groups in total. The first-order valence-corrected chi connectivity index (χ1v) is 16.1. The summed E-state index contributed by atoms with van der Waals surface area (Å²) < 4.78 is 76.6. The highest BCUT2D eigenvalue weighted by atomic mass is 32.2. The average molecular weight is 661 g/mol. The van der Waals surface area contributed by atoms with Crippen LogP contribution in [0.1, 0.15) is 45.0 Å². The lowest BCUT2D eigenvalue weighted by Crippen LogP contribution is -2.26. The molecule has 0 saturated heterocycles. The summed E-state index contributed by atoms with van der Waals surface area (Å²) in [5, 5.41) is 6.42. The van der Waals surface area contributed by atoms with Crippen LogP contribution in [0.4, 0.5) is 29.6 Å². The minimum atomic E-state index is -4.67. The van der Waals surface area contributed by atoms with E-state index in [1.165, 1.54) is 35.7 Å². The third kappa shape index (κ3) is 8.36. The zero-order valence-electron chi connectivity index (χ0n) is 24.8. The van der Waals surface area contributed by atoms with Crippen LogP contribution in [0.3, 0.4) is 0 Å². The van der Waals surface area contributed by atoms with E-state index in [4.69, 9.17) is 4.74 Å². The predicted octanol–water partition coefficient (Wildman–Crippen LogP) is 7.06. The number of benzene rings is 2. The lowest BCUT2D eigenvalue weighted by molar-refractivity contribution is 0.176. The molecule has 4 aromatic rings. The van der Waals surface area contributed by atoms with Gasteiger partial charge in [-0.1, -0.05) is 19.9 Å². The number of halogens is 3. The quantitative estimate of drug-likeness (QED) is 0.109. The number of carbonyl (C=O) groups is 1. The summed E-state index contributed by atoms with van der Waals surface area (Å²) in [7, 11) is -4.67. The minimum absolute atomic E-state index is 0.0153. The van der Waals surface area contributed by atoms with E-state index >= 15 is 4.39 Å². The molecule has 2 heterocycles. The van der Waals surface area contributed by atoms with Crippen LogP contribution in [-0.4, -0.2) is 42.6 Å². The van der Waals surface area contributed by atoms with Crippen LogP contribution in [0.15, 0.2) is 65.4 Å². The summed E-state index contributed by atoms with van der Waals surface area (Å²) >= 11 is 1.30. The largest absolute Gasteiger partial charge is 0.416 e. The van der Waals surface area contributed by atoms with E-state index in [2.05, 4.69) is 25.6 Å². The molecule has 0 bridgehead atoms. The minimum Gasteiger partial charge on any atom is -0.416 e. The molecule has 2 aromatic carbocycles. The van der Waals surface area contributed by atoms with Gasteiger partial charge in [-0.15, -0.1) is 11.3 Å². The van der Waals surface area contributed by atoms with Gasteiger partial charge in [-0.2, -0.15) is 0 Å². The fraction of sp³-hybridized carbons (Fsp3) is 0.267. The number of alkyl carbamates (subject to hydrolysis) is 1. The van der Waals surface area contributed by atoms with Crippen LogP contribution in [0.25, 0.3) is 21.8 Å². The van der Waals surface area contributed by atoms with Crippen LogP contribution in [0.5, 0.6) is 0 Å². The number of anilines is 2. The molecule has 2 aromatic heterocycles. The van der Waals surface area contributed by atoms with Crippen LogP contribution < -0.4 is 15.4 Å². The van der Waals surface area contributed by atoms with E-state index < -0.39 is 44.2 Å². The molecule has 0 aliphatic rings. The molecular weight excluding hydrogens is 629 g/mol. The van der Waals surface area contributed by atoms with Crippen molar-refractivity contribution in [3.05, 3.63) is 83.0 Å². The zero-order valence-corrected chi connectivity index (χ0v) is 26.5. The summed E-state index contributed by atoms with van der Waals surface area (Å²) in [6.07, 6.45) is 3.21. The molecule has 0 spiro atoms. The molecule has 10 nitrogen and oxygen atoms in total. The number of hydrogen-bond donors (Lipinski definition) is 3. The van der Waals surface area contributed by atoms with Gasteiger partial charge in [0.2, 0.25) is 5.95 Å². The Morgan fingerprint density at radius 1 is 1.09 bits per heavy atom. The van der Waals surface area contributed by atoms with Gasteiger partial charge in [0.15, 0.2) is 5.82 Å². The van der Waals surface area contributed by atoms with Gasteiger partial charge in [-0.05, 0) is 62.7 Å². The highest BCUT2D eigenvalue weighted by Crippen LogP contribution is 2.40. The number of carbonyl (C=O) groups excluding carboxylic acids is 1. The molecule has 0 radical (unpaired) electrons. The van der Waals surface area contributed by atoms with E-state index in [0.717, 1.165) is 6.07 Å². The number of aromatic nitrogens is 3. The van der Waals surface area contributed by atoms with Gasteiger partial charge in [0.05, 0.1) is 27.0 Å². The van der Waals surface area contributed by atoms with E-state index in [0.29, 0.717) is 58.9 Å². The standard InChI is InChI=1S/C30H31F3N6O4S2/c1-5-18(4)43-30(40)36-14-7-13-34-29-35-15-12-23(37-29)27-26(38-28(44-27)17(2)3)20-8-6-9-22(25(20)33)39-45(41,42)24-16-19(31)10-11-21(24)32/h5-6,8-12,15-17,39H,7,13-14H2,1-4H3,(H,36,40)(H,34,35,37)/b18-5-. The first-order chi connectivity index (χ1) is 21.4. The number of allylic oxidation sites excluding steroid dienone is 2. The molecule has 0 aliphatic heterocycles. The number of thiazole rings is 1. The van der Waals surface area contributed by atoms with Crippen molar-refractivity contribution in [1.82, 2.24) is 20.3 Å². The number of hydrogen-bond acceptors (Lipinski definition) is 9. The van der Waals surface area contributed by atoms with Crippen LogP contribution in [0.2, 0.25) is 0 Å². The number of nitrogens with zero attached hydrogens (tertiary/aromatic N) is 3. The Labute approximate surface area is 262 Å².